The van der Waals surface area contributed by atoms with E-state index in [0.717, 1.165) is 93.1 Å². The number of thioether (sulfide) groups is 1. The van der Waals surface area contributed by atoms with Gasteiger partial charge in [0.2, 0.25) is 0 Å². The van der Waals surface area contributed by atoms with Gasteiger partial charge in [0.15, 0.2) is 5.01 Å². The molecule has 2 aromatic rings. The van der Waals surface area contributed by atoms with Gasteiger partial charge in [-0.05, 0) is 69.4 Å². The van der Waals surface area contributed by atoms with Crippen molar-refractivity contribution in [3.05, 3.63) is 28.5 Å². The molecule has 12 heteroatoms. The van der Waals surface area contributed by atoms with E-state index < -0.39 is 23.6 Å². The molecular formula is C28H36F3N5O2S2. The quantitative estimate of drug-likeness (QED) is 0.391. The summed E-state index contributed by atoms with van der Waals surface area (Å²) < 4.78 is 43.4. The first-order chi connectivity index (χ1) is 19.2. The Morgan fingerprint density at radius 2 is 1.73 bits per heavy atom. The summed E-state index contributed by atoms with van der Waals surface area (Å²) in [6.07, 6.45) is 5.74. The standard InChI is InChI=1S/C28H36F3N5O2S2/c1-17-7-5-6-12-36(17)27(38)23-24(40-26(35-23)25(37)34-19-10-13-39-14-11-19)20-16-32-22(15-21(20)28(29,30)31)33-18-8-3-2-4-9-18/h15-19H,2-14H2,1H3,(H,32,33)(H,34,37). The molecule has 218 valence electrons. The number of likely N-dealkylation sites (tertiary alicyclic amines) is 1. The first-order valence-electron chi connectivity index (χ1n) is 14.2. The summed E-state index contributed by atoms with van der Waals surface area (Å²) in [5, 5.41) is 6.15. The van der Waals surface area contributed by atoms with Gasteiger partial charge >= 0.3 is 6.18 Å². The second kappa shape index (κ2) is 12.7. The molecular weight excluding hydrogens is 559 g/mol. The number of amides is 2. The van der Waals surface area contributed by atoms with E-state index in [0.29, 0.717) is 6.54 Å². The van der Waals surface area contributed by atoms with Crippen LogP contribution < -0.4 is 10.6 Å². The highest BCUT2D eigenvalue weighted by atomic mass is 32.2. The number of hydrogen-bond donors (Lipinski definition) is 2. The fraction of sp³-hybridized carbons (Fsp3) is 0.643. The summed E-state index contributed by atoms with van der Waals surface area (Å²) in [5.74, 6) is 1.15. The lowest BCUT2D eigenvalue weighted by molar-refractivity contribution is -0.137. The van der Waals surface area contributed by atoms with E-state index in [1.807, 2.05) is 18.7 Å². The highest BCUT2D eigenvalue weighted by molar-refractivity contribution is 7.99. The second-order valence-corrected chi connectivity index (χ2v) is 13.2. The van der Waals surface area contributed by atoms with Crippen LogP contribution in [0.5, 0.6) is 0 Å². The molecule has 3 aliphatic rings. The van der Waals surface area contributed by atoms with Crippen LogP contribution in [0.4, 0.5) is 19.0 Å². The van der Waals surface area contributed by atoms with Gasteiger partial charge < -0.3 is 15.5 Å². The maximum Gasteiger partial charge on any atom is 0.417 e. The molecule has 5 rings (SSSR count). The summed E-state index contributed by atoms with van der Waals surface area (Å²) in [6.45, 7) is 2.44. The summed E-state index contributed by atoms with van der Waals surface area (Å²) in [5.41, 5.74) is -1.22. The Balaban J connectivity index is 1.52. The van der Waals surface area contributed by atoms with Crippen LogP contribution in [0, 0.1) is 0 Å². The molecule has 3 fully saturated rings. The number of anilines is 1. The Kier molecular flexibility index (Phi) is 9.24. The number of thiazole rings is 1. The van der Waals surface area contributed by atoms with Crippen LogP contribution in [0.1, 0.15) is 97.0 Å². The van der Waals surface area contributed by atoms with Crippen molar-refractivity contribution in [1.82, 2.24) is 20.2 Å². The zero-order valence-corrected chi connectivity index (χ0v) is 24.3. The minimum Gasteiger partial charge on any atom is -0.367 e. The molecule has 40 heavy (non-hydrogen) atoms. The Morgan fingerprint density at radius 1 is 1.00 bits per heavy atom. The van der Waals surface area contributed by atoms with Crippen LogP contribution >= 0.6 is 23.1 Å². The highest BCUT2D eigenvalue weighted by Gasteiger charge is 2.38. The minimum absolute atomic E-state index is 0.00114. The van der Waals surface area contributed by atoms with Crippen molar-refractivity contribution in [2.24, 2.45) is 0 Å². The smallest absolute Gasteiger partial charge is 0.367 e. The van der Waals surface area contributed by atoms with E-state index in [-0.39, 0.29) is 45.1 Å². The lowest BCUT2D eigenvalue weighted by atomic mass is 9.95. The van der Waals surface area contributed by atoms with Crippen LogP contribution in [0.15, 0.2) is 12.3 Å². The number of nitrogens with one attached hydrogen (secondary N) is 2. The Morgan fingerprint density at radius 3 is 2.42 bits per heavy atom. The number of rotatable bonds is 6. The Bertz CT molecular complexity index is 1210. The predicted octanol–water partition coefficient (Wildman–Crippen LogP) is 6.61. The lowest BCUT2D eigenvalue weighted by Gasteiger charge is -2.33. The van der Waals surface area contributed by atoms with E-state index in [4.69, 9.17) is 0 Å². The zero-order valence-electron chi connectivity index (χ0n) is 22.7. The van der Waals surface area contributed by atoms with Crippen LogP contribution in [-0.4, -0.2) is 62.9 Å². The Hall–Kier alpha value is -2.34. The molecule has 0 bridgehead atoms. The number of carbonyl (C=O) groups excluding carboxylic acids is 2. The van der Waals surface area contributed by atoms with Crippen molar-refractivity contribution in [2.75, 3.05) is 23.4 Å². The number of nitrogens with zero attached hydrogens (tertiary/aromatic N) is 3. The molecule has 4 heterocycles. The van der Waals surface area contributed by atoms with Crippen molar-refractivity contribution in [3.8, 4) is 10.4 Å². The van der Waals surface area contributed by atoms with E-state index in [1.54, 1.807) is 4.90 Å². The fourth-order valence-electron chi connectivity index (χ4n) is 5.78. The number of carbonyl (C=O) groups is 2. The number of alkyl halides is 3. The van der Waals surface area contributed by atoms with Gasteiger partial charge in [-0.15, -0.1) is 11.3 Å². The maximum atomic E-state index is 14.5. The third-order valence-electron chi connectivity index (χ3n) is 8.06. The van der Waals surface area contributed by atoms with Gasteiger partial charge in [-0.3, -0.25) is 9.59 Å². The predicted molar refractivity (Wildman–Crippen MR) is 153 cm³/mol. The van der Waals surface area contributed by atoms with Crippen LogP contribution in [0.25, 0.3) is 10.4 Å². The van der Waals surface area contributed by atoms with Crippen LogP contribution in [0.3, 0.4) is 0 Å². The second-order valence-electron chi connectivity index (χ2n) is 11.0. The molecule has 7 nitrogen and oxygen atoms in total. The third kappa shape index (κ3) is 6.75. The molecule has 1 saturated carbocycles. The van der Waals surface area contributed by atoms with E-state index >= 15 is 0 Å². The van der Waals surface area contributed by atoms with E-state index in [1.165, 1.54) is 6.20 Å². The number of aromatic nitrogens is 2. The van der Waals surface area contributed by atoms with Gasteiger partial charge in [0.05, 0.1) is 10.4 Å². The number of hydrogen-bond acceptors (Lipinski definition) is 7. The highest BCUT2D eigenvalue weighted by Crippen LogP contribution is 2.42. The van der Waals surface area contributed by atoms with Crippen LogP contribution in [0.2, 0.25) is 0 Å². The average molecular weight is 596 g/mol. The molecule has 2 amide bonds. The van der Waals surface area contributed by atoms with Crippen molar-refractivity contribution >= 4 is 40.7 Å². The molecule has 1 unspecified atom stereocenters. The van der Waals surface area contributed by atoms with Gasteiger partial charge in [-0.1, -0.05) is 19.3 Å². The monoisotopic (exact) mass is 595 g/mol. The topological polar surface area (TPSA) is 87.2 Å². The summed E-state index contributed by atoms with van der Waals surface area (Å²) in [6, 6.07) is 1.04. The molecule has 0 radical (unpaired) electrons. The molecule has 1 atom stereocenters. The summed E-state index contributed by atoms with van der Waals surface area (Å²) >= 11 is 2.67. The molecule has 0 spiro atoms. The first-order valence-corrected chi connectivity index (χ1v) is 16.2. The molecule has 2 aliphatic heterocycles. The average Bonchev–Trinajstić information content (AvgIpc) is 3.39. The first kappa shape index (κ1) is 29.2. The maximum absolute atomic E-state index is 14.5. The third-order valence-corrected chi connectivity index (χ3v) is 10.2. The van der Waals surface area contributed by atoms with Crippen molar-refractivity contribution in [1.29, 1.82) is 0 Å². The van der Waals surface area contributed by atoms with Gasteiger partial charge in [0.1, 0.15) is 11.5 Å². The van der Waals surface area contributed by atoms with Gasteiger partial charge in [-0.2, -0.15) is 24.9 Å². The summed E-state index contributed by atoms with van der Waals surface area (Å²) in [4.78, 5) is 37.4. The SMILES string of the molecule is CC1CCCCN1C(=O)c1nc(C(=O)NC2CCSCC2)sc1-c1cnc(NC2CCCCC2)cc1C(F)(F)F. The molecule has 1 aliphatic carbocycles. The van der Waals surface area contributed by atoms with Gasteiger partial charge in [0.25, 0.3) is 11.8 Å². The summed E-state index contributed by atoms with van der Waals surface area (Å²) in [7, 11) is 0. The zero-order chi connectivity index (χ0) is 28.3. The molecule has 2 saturated heterocycles. The molecule has 2 aromatic heterocycles. The minimum atomic E-state index is -4.69. The number of halogens is 3. The van der Waals surface area contributed by atoms with Crippen molar-refractivity contribution in [2.45, 2.75) is 95.4 Å². The largest absolute Gasteiger partial charge is 0.417 e. The van der Waals surface area contributed by atoms with Gasteiger partial charge in [-0.25, -0.2) is 9.97 Å². The van der Waals surface area contributed by atoms with Gasteiger partial charge in [0, 0.05) is 36.4 Å². The molecule has 2 N–H and O–H groups in total. The van der Waals surface area contributed by atoms with E-state index in [9.17, 15) is 22.8 Å². The van der Waals surface area contributed by atoms with Crippen molar-refractivity contribution in [3.63, 3.8) is 0 Å². The normalized spacial score (nSPS) is 21.3. The number of pyridine rings is 1. The number of piperidine rings is 1. The Labute approximate surface area is 241 Å². The molecule has 0 aromatic carbocycles. The fourth-order valence-corrected chi connectivity index (χ4v) is 7.87. The van der Waals surface area contributed by atoms with Crippen LogP contribution in [-0.2, 0) is 6.18 Å². The van der Waals surface area contributed by atoms with E-state index in [2.05, 4.69) is 20.6 Å². The van der Waals surface area contributed by atoms with Crippen molar-refractivity contribution < 1.29 is 22.8 Å². The lowest BCUT2D eigenvalue weighted by Crippen LogP contribution is -2.42.